The molecule has 0 aliphatic carbocycles. The zero-order valence-electron chi connectivity index (χ0n) is 15.6. The van der Waals surface area contributed by atoms with Gasteiger partial charge in [-0.05, 0) is 25.1 Å². The highest BCUT2D eigenvalue weighted by molar-refractivity contribution is 5.92. The standard InChI is InChI=1S/C19H20N6O3/c1-12-17(28-13(2)22-12)18(26)25-9-10-27-15(11-25)14-5-3-6-16(23-14)24-19-20-7-4-8-21-19/h3-8,15H,9-11H2,1-2H3,(H,20,21,23,24). The number of morpholine rings is 1. The average molecular weight is 380 g/mol. The molecular formula is C19H20N6O3. The molecule has 1 atom stereocenters. The summed E-state index contributed by atoms with van der Waals surface area (Å²) in [6.45, 7) is 4.79. The van der Waals surface area contributed by atoms with Gasteiger partial charge in [-0.15, -0.1) is 0 Å². The van der Waals surface area contributed by atoms with E-state index < -0.39 is 0 Å². The van der Waals surface area contributed by atoms with E-state index in [4.69, 9.17) is 9.15 Å². The fourth-order valence-electron chi connectivity index (χ4n) is 3.06. The number of carbonyl (C=O) groups excluding carboxylic acids is 1. The molecule has 144 valence electrons. The number of amides is 1. The SMILES string of the molecule is Cc1nc(C)c(C(=O)N2CCOC(c3cccc(Nc4ncccn4)n3)C2)o1. The summed E-state index contributed by atoms with van der Waals surface area (Å²) in [4.78, 5) is 31.6. The van der Waals surface area contributed by atoms with Crippen molar-refractivity contribution in [3.05, 3.63) is 59.7 Å². The number of rotatable bonds is 4. The van der Waals surface area contributed by atoms with Gasteiger partial charge in [0.1, 0.15) is 11.9 Å². The summed E-state index contributed by atoms with van der Waals surface area (Å²) >= 11 is 0. The van der Waals surface area contributed by atoms with Crippen molar-refractivity contribution in [3.63, 3.8) is 0 Å². The molecule has 4 rings (SSSR count). The summed E-state index contributed by atoms with van der Waals surface area (Å²) in [5.74, 6) is 1.65. The van der Waals surface area contributed by atoms with E-state index in [1.807, 2.05) is 18.2 Å². The maximum atomic E-state index is 12.8. The first kappa shape index (κ1) is 18.1. The third-order valence-corrected chi connectivity index (χ3v) is 4.36. The smallest absolute Gasteiger partial charge is 0.291 e. The molecule has 3 aromatic rings. The van der Waals surface area contributed by atoms with Crippen molar-refractivity contribution in [1.29, 1.82) is 0 Å². The third-order valence-electron chi connectivity index (χ3n) is 4.36. The molecule has 1 N–H and O–H groups in total. The molecule has 3 aromatic heterocycles. The van der Waals surface area contributed by atoms with Crippen LogP contribution in [0.4, 0.5) is 11.8 Å². The Morgan fingerprint density at radius 2 is 2.00 bits per heavy atom. The molecule has 1 fully saturated rings. The Morgan fingerprint density at radius 3 is 2.75 bits per heavy atom. The first-order valence-corrected chi connectivity index (χ1v) is 8.96. The summed E-state index contributed by atoms with van der Waals surface area (Å²) in [5.41, 5.74) is 1.32. The van der Waals surface area contributed by atoms with E-state index in [2.05, 4.69) is 25.3 Å². The van der Waals surface area contributed by atoms with Crippen LogP contribution in [-0.2, 0) is 4.74 Å². The number of pyridine rings is 1. The van der Waals surface area contributed by atoms with Crippen LogP contribution in [0.25, 0.3) is 0 Å². The number of aryl methyl sites for hydroxylation is 2. The molecule has 1 amide bonds. The quantitative estimate of drug-likeness (QED) is 0.735. The van der Waals surface area contributed by atoms with Crippen molar-refractivity contribution in [2.45, 2.75) is 20.0 Å². The highest BCUT2D eigenvalue weighted by atomic mass is 16.5. The molecule has 4 heterocycles. The lowest BCUT2D eigenvalue weighted by atomic mass is 10.1. The second-order valence-electron chi connectivity index (χ2n) is 6.40. The number of ether oxygens (including phenoxy) is 1. The lowest BCUT2D eigenvalue weighted by Crippen LogP contribution is -2.42. The Balaban J connectivity index is 1.49. The maximum Gasteiger partial charge on any atom is 0.291 e. The van der Waals surface area contributed by atoms with Gasteiger partial charge in [0.15, 0.2) is 5.89 Å². The highest BCUT2D eigenvalue weighted by Gasteiger charge is 2.30. The van der Waals surface area contributed by atoms with E-state index >= 15 is 0 Å². The fraction of sp³-hybridized carbons (Fsp3) is 0.316. The molecule has 9 nitrogen and oxygen atoms in total. The normalized spacial score (nSPS) is 16.8. The van der Waals surface area contributed by atoms with Crippen molar-refractivity contribution in [1.82, 2.24) is 24.8 Å². The largest absolute Gasteiger partial charge is 0.436 e. The summed E-state index contributed by atoms with van der Waals surface area (Å²) in [6.07, 6.45) is 2.97. The Morgan fingerprint density at radius 1 is 1.18 bits per heavy atom. The van der Waals surface area contributed by atoms with Crippen molar-refractivity contribution in [2.75, 3.05) is 25.0 Å². The van der Waals surface area contributed by atoms with E-state index in [1.165, 1.54) is 0 Å². The van der Waals surface area contributed by atoms with E-state index in [1.54, 1.807) is 37.2 Å². The molecule has 9 heteroatoms. The number of aromatic nitrogens is 4. The van der Waals surface area contributed by atoms with Crippen molar-refractivity contribution < 1.29 is 13.9 Å². The molecule has 28 heavy (non-hydrogen) atoms. The molecule has 0 aromatic carbocycles. The van der Waals surface area contributed by atoms with Gasteiger partial charge in [-0.2, -0.15) is 0 Å². The first-order chi connectivity index (χ1) is 13.6. The zero-order chi connectivity index (χ0) is 19.5. The molecule has 1 unspecified atom stereocenters. The summed E-state index contributed by atoms with van der Waals surface area (Å²) in [5, 5.41) is 3.06. The maximum absolute atomic E-state index is 12.8. The van der Waals surface area contributed by atoms with Crippen LogP contribution in [0.5, 0.6) is 0 Å². The topological polar surface area (TPSA) is 106 Å². The number of nitrogens with zero attached hydrogens (tertiary/aromatic N) is 5. The van der Waals surface area contributed by atoms with E-state index in [-0.39, 0.29) is 17.8 Å². The number of nitrogens with one attached hydrogen (secondary N) is 1. The monoisotopic (exact) mass is 380 g/mol. The Labute approximate surface area is 161 Å². The fourth-order valence-corrected chi connectivity index (χ4v) is 3.06. The van der Waals surface area contributed by atoms with Gasteiger partial charge in [-0.3, -0.25) is 4.79 Å². The van der Waals surface area contributed by atoms with Gasteiger partial charge >= 0.3 is 0 Å². The Hall–Kier alpha value is -3.33. The predicted octanol–water partition coefficient (Wildman–Crippen LogP) is 2.43. The highest BCUT2D eigenvalue weighted by Crippen LogP contribution is 2.24. The van der Waals surface area contributed by atoms with Gasteiger partial charge in [0, 0.05) is 25.9 Å². The molecule has 0 radical (unpaired) electrons. The van der Waals surface area contributed by atoms with Gasteiger partial charge in [0.25, 0.3) is 5.91 Å². The minimum atomic E-state index is -0.333. The molecule has 0 bridgehead atoms. The predicted molar refractivity (Wildman–Crippen MR) is 100 cm³/mol. The summed E-state index contributed by atoms with van der Waals surface area (Å²) < 4.78 is 11.3. The third kappa shape index (κ3) is 3.84. The Kier molecular flexibility index (Phi) is 4.98. The number of anilines is 2. The lowest BCUT2D eigenvalue weighted by Gasteiger charge is -2.32. The Bertz CT molecular complexity index is 975. The summed E-state index contributed by atoms with van der Waals surface area (Å²) in [6, 6.07) is 7.32. The van der Waals surface area contributed by atoms with Gasteiger partial charge in [0.05, 0.1) is 24.5 Å². The summed E-state index contributed by atoms with van der Waals surface area (Å²) in [7, 11) is 0. The van der Waals surface area contributed by atoms with Gasteiger partial charge in [-0.25, -0.2) is 19.9 Å². The van der Waals surface area contributed by atoms with Crippen LogP contribution < -0.4 is 5.32 Å². The minimum absolute atomic E-state index is 0.182. The van der Waals surface area contributed by atoms with E-state index in [0.29, 0.717) is 43.0 Å². The van der Waals surface area contributed by atoms with E-state index in [0.717, 1.165) is 5.69 Å². The van der Waals surface area contributed by atoms with Gasteiger partial charge < -0.3 is 19.4 Å². The first-order valence-electron chi connectivity index (χ1n) is 8.96. The molecule has 0 spiro atoms. The molecular weight excluding hydrogens is 360 g/mol. The van der Waals surface area contributed by atoms with Crippen molar-refractivity contribution >= 4 is 17.7 Å². The number of hydrogen-bond donors (Lipinski definition) is 1. The minimum Gasteiger partial charge on any atom is -0.436 e. The number of carbonyl (C=O) groups is 1. The molecule has 0 saturated carbocycles. The molecule has 1 aliphatic heterocycles. The van der Waals surface area contributed by atoms with Crippen molar-refractivity contribution in [2.24, 2.45) is 0 Å². The lowest BCUT2D eigenvalue weighted by molar-refractivity contribution is -0.0256. The van der Waals surface area contributed by atoms with Gasteiger partial charge in [0.2, 0.25) is 11.7 Å². The van der Waals surface area contributed by atoms with Crippen LogP contribution in [0.1, 0.15) is 33.9 Å². The van der Waals surface area contributed by atoms with Crippen LogP contribution >= 0.6 is 0 Å². The second-order valence-corrected chi connectivity index (χ2v) is 6.40. The van der Waals surface area contributed by atoms with Crippen LogP contribution in [0.15, 0.2) is 41.1 Å². The van der Waals surface area contributed by atoms with Gasteiger partial charge in [-0.1, -0.05) is 6.07 Å². The molecule has 1 aliphatic rings. The van der Waals surface area contributed by atoms with Crippen LogP contribution in [0.2, 0.25) is 0 Å². The van der Waals surface area contributed by atoms with Crippen LogP contribution in [0, 0.1) is 13.8 Å². The number of oxazole rings is 1. The van der Waals surface area contributed by atoms with Crippen molar-refractivity contribution in [3.8, 4) is 0 Å². The zero-order valence-corrected chi connectivity index (χ0v) is 15.6. The average Bonchev–Trinajstić information content (AvgIpc) is 3.06. The van der Waals surface area contributed by atoms with E-state index in [9.17, 15) is 4.79 Å². The molecule has 1 saturated heterocycles. The van der Waals surface area contributed by atoms with Crippen LogP contribution in [0.3, 0.4) is 0 Å². The number of hydrogen-bond acceptors (Lipinski definition) is 8. The second kappa shape index (κ2) is 7.73. The van der Waals surface area contributed by atoms with Crippen LogP contribution in [-0.4, -0.2) is 50.4 Å².